The largest absolute Gasteiger partial charge is 0.384 e. The molecule has 0 saturated carbocycles. The molecule has 30 heavy (non-hydrogen) atoms. The lowest BCUT2D eigenvalue weighted by atomic mass is 10.1. The van der Waals surface area contributed by atoms with Crippen molar-refractivity contribution in [2.24, 2.45) is 5.92 Å². The molecule has 0 aliphatic rings. The number of anilines is 1. The van der Waals surface area contributed by atoms with Gasteiger partial charge in [0.1, 0.15) is 16.9 Å². The van der Waals surface area contributed by atoms with Crippen molar-refractivity contribution in [3.63, 3.8) is 0 Å². The molecule has 0 bridgehead atoms. The van der Waals surface area contributed by atoms with E-state index in [9.17, 15) is 4.79 Å². The molecule has 0 aliphatic heterocycles. The van der Waals surface area contributed by atoms with Crippen LogP contribution < -0.4 is 11.1 Å². The molecule has 3 N–H and O–H groups in total. The van der Waals surface area contributed by atoms with Crippen LogP contribution in [0.3, 0.4) is 0 Å². The van der Waals surface area contributed by atoms with Crippen LogP contribution in [0.5, 0.6) is 0 Å². The van der Waals surface area contributed by atoms with E-state index in [0.29, 0.717) is 35.0 Å². The number of fused-ring (bicyclic) bond motifs is 2. The molecule has 4 rings (SSSR count). The summed E-state index contributed by atoms with van der Waals surface area (Å²) in [5.41, 5.74) is 12.7. The van der Waals surface area contributed by atoms with Gasteiger partial charge in [0.05, 0.1) is 11.0 Å². The van der Waals surface area contributed by atoms with Crippen molar-refractivity contribution in [1.29, 1.82) is 0 Å². The number of nitrogens with zero attached hydrogens (tertiary/aromatic N) is 3. The van der Waals surface area contributed by atoms with Gasteiger partial charge in [-0.25, -0.2) is 9.97 Å². The number of aromatic nitrogens is 3. The first kappa shape index (κ1) is 19.9. The maximum atomic E-state index is 13.1. The quantitative estimate of drug-likeness (QED) is 0.514. The number of hydrogen-bond acceptors (Lipinski definition) is 4. The molecule has 2 aromatic heterocycles. The summed E-state index contributed by atoms with van der Waals surface area (Å²) in [7, 11) is 0. The number of para-hydroxylation sites is 2. The van der Waals surface area contributed by atoms with Crippen LogP contribution in [0.1, 0.15) is 41.8 Å². The molecule has 2 heterocycles. The number of carbonyl (C=O) groups excluding carboxylic acids is 1. The van der Waals surface area contributed by atoms with E-state index in [-0.39, 0.29) is 5.91 Å². The lowest BCUT2D eigenvalue weighted by Crippen LogP contribution is -2.26. The van der Waals surface area contributed by atoms with Gasteiger partial charge in [0.2, 0.25) is 0 Å². The summed E-state index contributed by atoms with van der Waals surface area (Å²) in [5, 5.41) is 3.00. The second-order valence-corrected chi connectivity index (χ2v) is 8.26. The van der Waals surface area contributed by atoms with Crippen LogP contribution in [0, 0.1) is 19.8 Å². The molecule has 0 aliphatic carbocycles. The number of amides is 1. The van der Waals surface area contributed by atoms with Crippen molar-refractivity contribution < 1.29 is 4.79 Å². The van der Waals surface area contributed by atoms with E-state index in [1.807, 2.05) is 54.8 Å². The van der Waals surface area contributed by atoms with Gasteiger partial charge < -0.3 is 11.1 Å². The second-order valence-electron chi connectivity index (χ2n) is 8.26. The minimum atomic E-state index is -0.217. The van der Waals surface area contributed by atoms with Gasteiger partial charge >= 0.3 is 0 Å². The van der Waals surface area contributed by atoms with Gasteiger partial charge in [0.25, 0.3) is 5.91 Å². The van der Waals surface area contributed by atoms with Crippen LogP contribution >= 0.6 is 0 Å². The van der Waals surface area contributed by atoms with E-state index in [4.69, 9.17) is 15.7 Å². The first-order valence-corrected chi connectivity index (χ1v) is 10.3. The number of nitrogens with one attached hydrogen (secondary N) is 1. The number of nitrogens with two attached hydrogens (primary N) is 1. The molecular weight excluding hydrogens is 374 g/mol. The van der Waals surface area contributed by atoms with E-state index in [2.05, 4.69) is 25.2 Å². The van der Waals surface area contributed by atoms with Crippen LogP contribution in [0.4, 0.5) is 5.82 Å². The Morgan fingerprint density at radius 2 is 1.70 bits per heavy atom. The van der Waals surface area contributed by atoms with Crippen LogP contribution in [0.2, 0.25) is 0 Å². The molecule has 6 heteroatoms. The summed E-state index contributed by atoms with van der Waals surface area (Å²) in [5.74, 6) is 0.640. The van der Waals surface area contributed by atoms with Crippen molar-refractivity contribution in [1.82, 2.24) is 19.9 Å². The molecule has 0 atom stereocenters. The standard InChI is InChI=1S/C24H27N5O/c1-14(2)9-10-26-24(30)20-21-23(28-19-8-6-5-7-18(19)27-21)29(22(20)25)17-12-15(3)11-16(4)13-17/h5-8,11-14H,9-10,25H2,1-4H3,(H,26,30). The molecule has 2 aromatic carbocycles. The third kappa shape index (κ3) is 3.61. The van der Waals surface area contributed by atoms with E-state index in [1.165, 1.54) is 0 Å². The average molecular weight is 402 g/mol. The number of nitrogen functional groups attached to an aromatic ring is 1. The number of rotatable bonds is 5. The van der Waals surface area contributed by atoms with Crippen molar-refractivity contribution in [3.05, 3.63) is 59.2 Å². The fraction of sp³-hybridized carbons (Fsp3) is 0.292. The summed E-state index contributed by atoms with van der Waals surface area (Å²) in [6, 6.07) is 13.8. The molecule has 0 fully saturated rings. The van der Waals surface area contributed by atoms with Gasteiger partial charge in [0, 0.05) is 12.2 Å². The fourth-order valence-electron chi connectivity index (χ4n) is 3.79. The Kier molecular flexibility index (Phi) is 5.16. The van der Waals surface area contributed by atoms with Crippen molar-refractivity contribution in [2.45, 2.75) is 34.1 Å². The van der Waals surface area contributed by atoms with E-state index < -0.39 is 0 Å². The third-order valence-corrected chi connectivity index (χ3v) is 5.20. The second kappa shape index (κ2) is 7.78. The van der Waals surface area contributed by atoms with Gasteiger partial charge in [-0.1, -0.05) is 32.0 Å². The lowest BCUT2D eigenvalue weighted by molar-refractivity contribution is 0.0954. The zero-order chi connectivity index (χ0) is 21.4. The summed E-state index contributed by atoms with van der Waals surface area (Å²) in [6.07, 6.45) is 0.899. The molecule has 4 aromatic rings. The van der Waals surface area contributed by atoms with Crippen LogP contribution in [-0.2, 0) is 0 Å². The Morgan fingerprint density at radius 3 is 2.33 bits per heavy atom. The Bertz CT molecular complexity index is 1240. The minimum absolute atomic E-state index is 0.217. The van der Waals surface area contributed by atoms with E-state index in [1.54, 1.807) is 0 Å². The zero-order valence-corrected chi connectivity index (χ0v) is 17.9. The normalized spacial score (nSPS) is 11.5. The highest BCUT2D eigenvalue weighted by atomic mass is 16.1. The van der Waals surface area contributed by atoms with Crippen LogP contribution in [0.25, 0.3) is 27.9 Å². The number of benzene rings is 2. The third-order valence-electron chi connectivity index (χ3n) is 5.20. The highest BCUT2D eigenvalue weighted by molar-refractivity contribution is 6.11. The number of aryl methyl sites for hydroxylation is 2. The molecule has 0 spiro atoms. The van der Waals surface area contributed by atoms with Gasteiger partial charge in [-0.05, 0) is 61.6 Å². The number of hydrogen-bond donors (Lipinski definition) is 2. The average Bonchev–Trinajstić information content (AvgIpc) is 2.95. The molecule has 154 valence electrons. The number of carbonyl (C=O) groups is 1. The lowest BCUT2D eigenvalue weighted by Gasteiger charge is -2.10. The van der Waals surface area contributed by atoms with Gasteiger partial charge in [-0.3, -0.25) is 9.36 Å². The predicted molar refractivity (Wildman–Crippen MR) is 122 cm³/mol. The van der Waals surface area contributed by atoms with Crippen molar-refractivity contribution >= 4 is 33.9 Å². The van der Waals surface area contributed by atoms with Gasteiger partial charge in [-0.2, -0.15) is 0 Å². The molecular formula is C24H27N5O. The van der Waals surface area contributed by atoms with Gasteiger partial charge in [0.15, 0.2) is 5.65 Å². The Morgan fingerprint density at radius 1 is 1.07 bits per heavy atom. The molecule has 6 nitrogen and oxygen atoms in total. The highest BCUT2D eigenvalue weighted by Gasteiger charge is 2.24. The smallest absolute Gasteiger partial charge is 0.257 e. The monoisotopic (exact) mass is 401 g/mol. The highest BCUT2D eigenvalue weighted by Crippen LogP contribution is 2.31. The fourth-order valence-corrected chi connectivity index (χ4v) is 3.79. The molecule has 1 amide bonds. The van der Waals surface area contributed by atoms with E-state index in [0.717, 1.165) is 34.3 Å². The zero-order valence-electron chi connectivity index (χ0n) is 17.9. The SMILES string of the molecule is Cc1cc(C)cc(-n2c(N)c(C(=O)NCCC(C)C)c3nc4ccccc4nc32)c1. The molecule has 0 radical (unpaired) electrons. The first-order chi connectivity index (χ1) is 14.3. The topological polar surface area (TPSA) is 85.8 Å². The maximum absolute atomic E-state index is 13.1. The Labute approximate surface area is 176 Å². The van der Waals surface area contributed by atoms with Crippen LogP contribution in [0.15, 0.2) is 42.5 Å². The minimum Gasteiger partial charge on any atom is -0.384 e. The van der Waals surface area contributed by atoms with E-state index >= 15 is 0 Å². The molecule has 0 unspecified atom stereocenters. The molecule has 0 saturated heterocycles. The Balaban J connectivity index is 1.95. The van der Waals surface area contributed by atoms with Crippen LogP contribution in [-0.4, -0.2) is 27.0 Å². The van der Waals surface area contributed by atoms with Crippen molar-refractivity contribution in [3.8, 4) is 5.69 Å². The summed E-state index contributed by atoms with van der Waals surface area (Å²) in [4.78, 5) is 22.7. The summed E-state index contributed by atoms with van der Waals surface area (Å²) >= 11 is 0. The summed E-state index contributed by atoms with van der Waals surface area (Å²) in [6.45, 7) is 8.93. The predicted octanol–water partition coefficient (Wildman–Crippen LogP) is 4.55. The Hall–Kier alpha value is -3.41. The summed E-state index contributed by atoms with van der Waals surface area (Å²) < 4.78 is 1.84. The van der Waals surface area contributed by atoms with Gasteiger partial charge in [-0.15, -0.1) is 0 Å². The maximum Gasteiger partial charge on any atom is 0.257 e. The first-order valence-electron chi connectivity index (χ1n) is 10.3. The van der Waals surface area contributed by atoms with Crippen molar-refractivity contribution in [2.75, 3.05) is 12.3 Å².